The van der Waals surface area contributed by atoms with Gasteiger partial charge in [-0.1, -0.05) is 11.6 Å². The molecule has 0 atom stereocenters. The van der Waals surface area contributed by atoms with E-state index in [-0.39, 0.29) is 0 Å². The zero-order valence-corrected chi connectivity index (χ0v) is 13.6. The van der Waals surface area contributed by atoms with Crippen LogP contribution in [0.3, 0.4) is 0 Å². The molecule has 6 heteroatoms. The number of rotatable bonds is 4. The van der Waals surface area contributed by atoms with Crippen molar-refractivity contribution in [2.24, 2.45) is 0 Å². The number of anilines is 1. The first-order valence-electron chi connectivity index (χ1n) is 5.26. The van der Waals surface area contributed by atoms with E-state index in [1.165, 1.54) is 4.88 Å². The third-order valence-electron chi connectivity index (χ3n) is 2.44. The quantitative estimate of drug-likeness (QED) is 0.713. The van der Waals surface area contributed by atoms with E-state index in [1.807, 2.05) is 25.2 Å². The number of aromatic nitrogens is 1. The number of pyridine rings is 1. The Morgan fingerprint density at radius 1 is 1.44 bits per heavy atom. The van der Waals surface area contributed by atoms with Crippen molar-refractivity contribution in [1.29, 1.82) is 0 Å². The molecule has 0 unspecified atom stereocenters. The van der Waals surface area contributed by atoms with Crippen LogP contribution in [0.2, 0.25) is 4.34 Å². The van der Waals surface area contributed by atoms with Gasteiger partial charge in [0.1, 0.15) is 5.82 Å². The zero-order valence-electron chi connectivity index (χ0n) is 9.66. The monoisotopic (exact) mass is 364 g/mol. The maximum absolute atomic E-state index is 5.95. The number of hydrogen-bond acceptors (Lipinski definition) is 3. The van der Waals surface area contributed by atoms with Gasteiger partial charge in [-0.15, -0.1) is 22.9 Å². The van der Waals surface area contributed by atoms with Crippen molar-refractivity contribution in [2.45, 2.75) is 12.4 Å². The summed E-state index contributed by atoms with van der Waals surface area (Å²) in [7, 11) is 2.00. The summed E-state index contributed by atoms with van der Waals surface area (Å²) in [4.78, 5) is 7.70. The summed E-state index contributed by atoms with van der Waals surface area (Å²) in [5.74, 6) is 1.34. The van der Waals surface area contributed by atoms with E-state index in [0.29, 0.717) is 5.88 Å². The highest BCUT2D eigenvalue weighted by atomic mass is 79.9. The van der Waals surface area contributed by atoms with Crippen LogP contribution in [0.5, 0.6) is 0 Å². The summed E-state index contributed by atoms with van der Waals surface area (Å²) in [6, 6.07) is 5.93. The van der Waals surface area contributed by atoms with E-state index in [9.17, 15) is 0 Å². The van der Waals surface area contributed by atoms with E-state index in [1.54, 1.807) is 17.5 Å². The average Bonchev–Trinajstić information content (AvgIpc) is 2.74. The summed E-state index contributed by atoms with van der Waals surface area (Å²) in [6.45, 7) is 0.774. The van der Waals surface area contributed by atoms with Crippen molar-refractivity contribution >= 4 is 56.3 Å². The molecule has 0 aliphatic carbocycles. The highest BCUT2D eigenvalue weighted by molar-refractivity contribution is 9.10. The first kappa shape index (κ1) is 14.1. The molecule has 2 aromatic rings. The molecule has 0 N–H and O–H groups in total. The Hall–Kier alpha value is -0.290. The molecule has 2 nitrogen and oxygen atoms in total. The van der Waals surface area contributed by atoms with Crippen molar-refractivity contribution in [3.05, 3.63) is 43.6 Å². The number of thiophene rings is 1. The molecule has 0 aliphatic rings. The van der Waals surface area contributed by atoms with Crippen LogP contribution in [0.1, 0.15) is 10.4 Å². The number of hydrogen-bond donors (Lipinski definition) is 0. The van der Waals surface area contributed by atoms with E-state index < -0.39 is 0 Å². The molecule has 0 radical (unpaired) electrons. The maximum Gasteiger partial charge on any atom is 0.133 e. The molecule has 2 rings (SSSR count). The second-order valence-corrected chi connectivity index (χ2v) is 6.81. The first-order chi connectivity index (χ1) is 8.60. The molecular weight excluding hydrogens is 355 g/mol. The van der Waals surface area contributed by atoms with Crippen LogP contribution in [0, 0.1) is 0 Å². The van der Waals surface area contributed by atoms with Crippen molar-refractivity contribution in [2.75, 3.05) is 11.9 Å². The van der Waals surface area contributed by atoms with Crippen LogP contribution < -0.4 is 4.90 Å². The highest BCUT2D eigenvalue weighted by Crippen LogP contribution is 2.26. The normalized spacial score (nSPS) is 10.7. The molecule has 96 valence electrons. The predicted octanol–water partition coefficient (Wildman–Crippen LogP) is 4.93. The number of halogens is 3. The van der Waals surface area contributed by atoms with Gasteiger partial charge < -0.3 is 4.90 Å². The lowest BCUT2D eigenvalue weighted by Gasteiger charge is -2.20. The number of nitrogens with zero attached hydrogens (tertiary/aromatic N) is 2. The second-order valence-electron chi connectivity index (χ2n) is 3.83. The zero-order chi connectivity index (χ0) is 13.1. The summed E-state index contributed by atoms with van der Waals surface area (Å²) < 4.78 is 1.74. The Balaban J connectivity index is 2.20. The molecule has 2 heterocycles. The Kier molecular flexibility index (Phi) is 4.90. The van der Waals surface area contributed by atoms with Crippen molar-refractivity contribution < 1.29 is 0 Å². The molecule has 0 spiro atoms. The van der Waals surface area contributed by atoms with Crippen molar-refractivity contribution in [3.63, 3.8) is 0 Å². The van der Waals surface area contributed by atoms with Crippen LogP contribution in [0.15, 0.2) is 28.9 Å². The lowest BCUT2D eigenvalue weighted by Crippen LogP contribution is -2.18. The fraction of sp³-hybridized carbons (Fsp3) is 0.250. The first-order valence-corrected chi connectivity index (χ1v) is 7.78. The minimum Gasteiger partial charge on any atom is -0.354 e. The largest absolute Gasteiger partial charge is 0.354 e. The molecule has 0 fully saturated rings. The molecule has 2 aromatic heterocycles. The van der Waals surface area contributed by atoms with Gasteiger partial charge >= 0.3 is 0 Å². The second kappa shape index (κ2) is 6.24. The number of alkyl halides is 1. The van der Waals surface area contributed by atoms with Gasteiger partial charge in [0, 0.05) is 28.2 Å². The molecule has 0 saturated carbocycles. The molecule has 0 aromatic carbocycles. The van der Waals surface area contributed by atoms with Crippen LogP contribution in [-0.4, -0.2) is 12.0 Å². The van der Waals surface area contributed by atoms with Crippen molar-refractivity contribution in [3.8, 4) is 0 Å². The molecule has 18 heavy (non-hydrogen) atoms. The minimum absolute atomic E-state index is 0.442. The van der Waals surface area contributed by atoms with Gasteiger partial charge in [-0.2, -0.15) is 0 Å². The highest BCUT2D eigenvalue weighted by Gasteiger charge is 2.10. The van der Waals surface area contributed by atoms with E-state index in [4.69, 9.17) is 23.2 Å². The minimum atomic E-state index is 0.442. The molecule has 0 saturated heterocycles. The summed E-state index contributed by atoms with van der Waals surface area (Å²) >= 11 is 16.9. The third-order valence-corrected chi connectivity index (χ3v) is 4.37. The van der Waals surface area contributed by atoms with Crippen LogP contribution >= 0.6 is 50.5 Å². The van der Waals surface area contributed by atoms with Gasteiger partial charge in [0.2, 0.25) is 0 Å². The van der Waals surface area contributed by atoms with Crippen LogP contribution in [0.25, 0.3) is 0 Å². The van der Waals surface area contributed by atoms with E-state index >= 15 is 0 Å². The Labute approximate surface area is 129 Å². The van der Waals surface area contributed by atoms with Crippen molar-refractivity contribution in [1.82, 2.24) is 4.98 Å². The Bertz CT molecular complexity index is 545. The smallest absolute Gasteiger partial charge is 0.133 e. The standard InChI is InChI=1S/C12H11BrCl2N2S/c1-17(7-10-2-3-11(15)18-10)12-8(5-14)4-9(13)6-16-12/h2-4,6H,5,7H2,1H3. The van der Waals surface area contributed by atoms with E-state index in [2.05, 4.69) is 25.8 Å². The van der Waals surface area contributed by atoms with Gasteiger partial charge in [-0.05, 0) is 34.1 Å². The maximum atomic E-state index is 5.95. The molecule has 0 bridgehead atoms. The lowest BCUT2D eigenvalue weighted by atomic mass is 10.2. The van der Waals surface area contributed by atoms with Gasteiger partial charge in [-0.25, -0.2) is 4.98 Å². The Morgan fingerprint density at radius 2 is 2.22 bits per heavy atom. The summed E-state index contributed by atoms with van der Waals surface area (Å²) in [5, 5.41) is 0. The topological polar surface area (TPSA) is 16.1 Å². The fourth-order valence-corrected chi connectivity index (χ4v) is 3.38. The van der Waals surface area contributed by atoms with Gasteiger partial charge in [0.15, 0.2) is 0 Å². The average molecular weight is 366 g/mol. The van der Waals surface area contributed by atoms with Gasteiger partial charge in [-0.3, -0.25) is 0 Å². The van der Waals surface area contributed by atoms with Gasteiger partial charge in [0.05, 0.1) is 16.8 Å². The fourth-order valence-electron chi connectivity index (χ4n) is 1.66. The lowest BCUT2D eigenvalue weighted by molar-refractivity contribution is 0.901. The molecule has 0 aliphatic heterocycles. The summed E-state index contributed by atoms with van der Waals surface area (Å²) in [5.41, 5.74) is 1.01. The Morgan fingerprint density at radius 3 is 2.83 bits per heavy atom. The third kappa shape index (κ3) is 3.38. The SMILES string of the molecule is CN(Cc1ccc(Cl)s1)c1ncc(Br)cc1CCl. The summed E-state index contributed by atoms with van der Waals surface area (Å²) in [6.07, 6.45) is 1.78. The van der Waals surface area contributed by atoms with Gasteiger partial charge in [0.25, 0.3) is 0 Å². The predicted molar refractivity (Wildman–Crippen MR) is 82.9 cm³/mol. The molecule has 0 amide bonds. The van der Waals surface area contributed by atoms with Crippen LogP contribution in [-0.2, 0) is 12.4 Å². The van der Waals surface area contributed by atoms with E-state index in [0.717, 1.165) is 26.7 Å². The van der Waals surface area contributed by atoms with Crippen LogP contribution in [0.4, 0.5) is 5.82 Å². The molecular formula is C12H11BrCl2N2S.